The van der Waals surface area contributed by atoms with Gasteiger partial charge in [0.05, 0.1) is 11.1 Å². The average Bonchev–Trinajstić information content (AvgIpc) is 2.86. The number of ether oxygens (including phenoxy) is 1. The Balaban J connectivity index is 2.23. The smallest absolute Gasteiger partial charge is 0.282 e. The van der Waals surface area contributed by atoms with Gasteiger partial charge in [0.2, 0.25) is 0 Å². The Kier molecular flexibility index (Phi) is 5.64. The minimum absolute atomic E-state index is 0.0141. The minimum atomic E-state index is -3.83. The summed E-state index contributed by atoms with van der Waals surface area (Å²) in [6, 6.07) is 5.51. The molecule has 0 spiro atoms. The molecule has 0 saturated carbocycles. The van der Waals surface area contributed by atoms with Gasteiger partial charge in [0.1, 0.15) is 17.1 Å². The van der Waals surface area contributed by atoms with Crippen LogP contribution in [0.1, 0.15) is 11.1 Å². The number of alkyl halides is 1. The SMILES string of the molecule is COCn1cc(/C=N/S(=O)(=O)c2ccc(CF)cc2)c(I)n1. The van der Waals surface area contributed by atoms with Crippen molar-refractivity contribution in [1.82, 2.24) is 9.78 Å². The van der Waals surface area contributed by atoms with Gasteiger partial charge in [-0.25, -0.2) is 9.07 Å². The van der Waals surface area contributed by atoms with E-state index < -0.39 is 16.7 Å². The zero-order chi connectivity index (χ0) is 16.2. The summed E-state index contributed by atoms with van der Waals surface area (Å²) in [5.41, 5.74) is 0.986. The van der Waals surface area contributed by atoms with Crippen LogP contribution >= 0.6 is 22.6 Å². The molecule has 2 rings (SSSR count). The Morgan fingerprint density at radius 3 is 2.68 bits per heavy atom. The highest BCUT2D eigenvalue weighted by molar-refractivity contribution is 14.1. The second-order valence-corrected chi connectivity index (χ2v) is 6.97. The Bertz CT molecular complexity index is 772. The largest absolute Gasteiger partial charge is 0.362 e. The first-order chi connectivity index (χ1) is 10.5. The highest BCUT2D eigenvalue weighted by Crippen LogP contribution is 2.15. The van der Waals surface area contributed by atoms with Crippen molar-refractivity contribution in [3.05, 3.63) is 45.3 Å². The van der Waals surface area contributed by atoms with Gasteiger partial charge in [0.25, 0.3) is 10.0 Å². The maximum atomic E-state index is 12.4. The van der Waals surface area contributed by atoms with E-state index in [1.807, 2.05) is 22.6 Å². The van der Waals surface area contributed by atoms with E-state index in [9.17, 15) is 12.8 Å². The summed E-state index contributed by atoms with van der Waals surface area (Å²) in [5.74, 6) is 0. The van der Waals surface area contributed by atoms with Crippen LogP contribution < -0.4 is 0 Å². The molecular weight excluding hydrogens is 424 g/mol. The van der Waals surface area contributed by atoms with E-state index in [0.717, 1.165) is 0 Å². The summed E-state index contributed by atoms with van der Waals surface area (Å²) in [6.45, 7) is -0.373. The molecule has 0 fully saturated rings. The summed E-state index contributed by atoms with van der Waals surface area (Å²) in [7, 11) is -2.29. The summed E-state index contributed by atoms with van der Waals surface area (Å²) in [6.07, 6.45) is 2.87. The number of methoxy groups -OCH3 is 1. The number of sulfonamides is 1. The summed E-state index contributed by atoms with van der Waals surface area (Å²) in [5, 5.41) is 4.15. The Morgan fingerprint density at radius 1 is 1.41 bits per heavy atom. The van der Waals surface area contributed by atoms with Gasteiger partial charge < -0.3 is 4.74 Å². The van der Waals surface area contributed by atoms with Crippen molar-refractivity contribution in [3.63, 3.8) is 0 Å². The van der Waals surface area contributed by atoms with Crippen molar-refractivity contribution in [2.75, 3.05) is 7.11 Å². The summed E-state index contributed by atoms with van der Waals surface area (Å²) < 4.78 is 47.4. The van der Waals surface area contributed by atoms with Crippen LogP contribution in [0.5, 0.6) is 0 Å². The van der Waals surface area contributed by atoms with Crippen LogP contribution in [0.25, 0.3) is 0 Å². The van der Waals surface area contributed by atoms with Crippen molar-refractivity contribution in [2.45, 2.75) is 18.3 Å². The number of nitrogens with zero attached hydrogens (tertiary/aromatic N) is 3. The summed E-state index contributed by atoms with van der Waals surface area (Å²) in [4.78, 5) is 0.0141. The fraction of sp³-hybridized carbons (Fsp3) is 0.231. The first-order valence-electron chi connectivity index (χ1n) is 6.13. The van der Waals surface area contributed by atoms with Crippen molar-refractivity contribution in [2.24, 2.45) is 4.40 Å². The highest BCUT2D eigenvalue weighted by Gasteiger charge is 2.12. The molecule has 0 aliphatic heterocycles. The third-order valence-corrected chi connectivity index (χ3v) is 4.80. The van der Waals surface area contributed by atoms with E-state index in [1.165, 1.54) is 42.3 Å². The predicted molar refractivity (Wildman–Crippen MR) is 88.0 cm³/mol. The standard InChI is InChI=1S/C13H13FIN3O3S/c1-21-9-18-8-11(13(15)17-18)7-16-22(19,20)12-4-2-10(6-14)3-5-12/h2-5,7-8H,6,9H2,1H3/b16-7+. The van der Waals surface area contributed by atoms with E-state index in [4.69, 9.17) is 4.74 Å². The zero-order valence-corrected chi connectivity index (χ0v) is 14.6. The molecule has 1 heterocycles. The molecule has 0 N–H and O–H groups in total. The lowest BCUT2D eigenvalue weighted by atomic mass is 10.2. The van der Waals surface area contributed by atoms with E-state index >= 15 is 0 Å². The molecule has 22 heavy (non-hydrogen) atoms. The fourth-order valence-corrected chi connectivity index (χ4v) is 3.05. The summed E-state index contributed by atoms with van der Waals surface area (Å²) >= 11 is 1.98. The molecule has 0 radical (unpaired) electrons. The molecule has 6 nitrogen and oxygen atoms in total. The van der Waals surface area contributed by atoms with E-state index in [-0.39, 0.29) is 11.6 Å². The van der Waals surface area contributed by atoms with Crippen LogP contribution in [0.4, 0.5) is 4.39 Å². The number of rotatable bonds is 6. The Hall–Kier alpha value is -1.33. The molecule has 9 heteroatoms. The van der Waals surface area contributed by atoms with Gasteiger partial charge >= 0.3 is 0 Å². The third kappa shape index (κ3) is 4.11. The number of benzene rings is 1. The van der Waals surface area contributed by atoms with Gasteiger partial charge in [0, 0.05) is 18.9 Å². The van der Waals surface area contributed by atoms with Crippen LogP contribution in [-0.2, 0) is 28.2 Å². The second-order valence-electron chi connectivity index (χ2n) is 4.32. The molecule has 1 aromatic heterocycles. The van der Waals surface area contributed by atoms with E-state index in [0.29, 0.717) is 14.8 Å². The van der Waals surface area contributed by atoms with Crippen molar-refractivity contribution >= 4 is 38.8 Å². The zero-order valence-electron chi connectivity index (χ0n) is 11.6. The van der Waals surface area contributed by atoms with Crippen molar-refractivity contribution in [1.29, 1.82) is 0 Å². The van der Waals surface area contributed by atoms with Gasteiger partial charge in [-0.2, -0.15) is 17.9 Å². The monoisotopic (exact) mass is 437 g/mol. The molecule has 2 aromatic rings. The van der Waals surface area contributed by atoms with Crippen LogP contribution in [0, 0.1) is 3.70 Å². The molecule has 0 amide bonds. The van der Waals surface area contributed by atoms with Crippen LogP contribution in [0.3, 0.4) is 0 Å². The normalized spacial score (nSPS) is 12.1. The third-order valence-electron chi connectivity index (χ3n) is 2.71. The average molecular weight is 437 g/mol. The van der Waals surface area contributed by atoms with Gasteiger partial charge in [0.15, 0.2) is 0 Å². The van der Waals surface area contributed by atoms with Crippen LogP contribution in [0.2, 0.25) is 0 Å². The maximum Gasteiger partial charge on any atom is 0.282 e. The Morgan fingerprint density at radius 2 is 2.09 bits per heavy atom. The number of halogens is 2. The maximum absolute atomic E-state index is 12.4. The highest BCUT2D eigenvalue weighted by atomic mass is 127. The first-order valence-corrected chi connectivity index (χ1v) is 8.65. The van der Waals surface area contributed by atoms with Gasteiger partial charge in [-0.3, -0.25) is 0 Å². The molecule has 118 valence electrons. The lowest BCUT2D eigenvalue weighted by molar-refractivity contribution is 0.120. The molecule has 0 aliphatic carbocycles. The molecule has 0 atom stereocenters. The van der Waals surface area contributed by atoms with Crippen LogP contribution in [0.15, 0.2) is 39.8 Å². The first kappa shape index (κ1) is 17.0. The lowest BCUT2D eigenvalue weighted by Crippen LogP contribution is -1.99. The van der Waals surface area contributed by atoms with E-state index in [1.54, 1.807) is 6.20 Å². The Labute approximate surface area is 141 Å². The molecule has 0 unspecified atom stereocenters. The van der Waals surface area contributed by atoms with Gasteiger partial charge in [-0.1, -0.05) is 12.1 Å². The molecular formula is C13H13FIN3O3S. The van der Waals surface area contributed by atoms with E-state index in [2.05, 4.69) is 9.50 Å². The number of hydrogen-bond donors (Lipinski definition) is 0. The quantitative estimate of drug-likeness (QED) is 0.514. The topological polar surface area (TPSA) is 73.6 Å². The molecule has 0 bridgehead atoms. The molecule has 0 saturated heterocycles. The van der Waals surface area contributed by atoms with Crippen LogP contribution in [-0.4, -0.2) is 31.5 Å². The fourth-order valence-electron chi connectivity index (χ4n) is 1.64. The lowest BCUT2D eigenvalue weighted by Gasteiger charge is -1.99. The predicted octanol–water partition coefficient (Wildman–Crippen LogP) is 2.37. The second kappa shape index (κ2) is 7.29. The minimum Gasteiger partial charge on any atom is -0.362 e. The van der Waals surface area contributed by atoms with Crippen molar-refractivity contribution < 1.29 is 17.5 Å². The molecule has 0 aliphatic rings. The van der Waals surface area contributed by atoms with Gasteiger partial charge in [-0.15, -0.1) is 0 Å². The molecule has 1 aromatic carbocycles. The van der Waals surface area contributed by atoms with Gasteiger partial charge in [-0.05, 0) is 40.3 Å². The number of hydrogen-bond acceptors (Lipinski definition) is 4. The van der Waals surface area contributed by atoms with Crippen molar-refractivity contribution in [3.8, 4) is 0 Å². The number of aromatic nitrogens is 2.